The van der Waals surface area contributed by atoms with Gasteiger partial charge in [-0.15, -0.1) is 0 Å². The van der Waals surface area contributed by atoms with Gasteiger partial charge in [-0.05, 0) is 18.1 Å². The summed E-state index contributed by atoms with van der Waals surface area (Å²) < 4.78 is 5.01. The zero-order valence-electron chi connectivity index (χ0n) is 12.0. The molecule has 4 nitrogen and oxygen atoms in total. The third-order valence-corrected chi connectivity index (χ3v) is 3.11. The number of hydrogen-bond acceptors (Lipinski definition) is 3. The number of ether oxygens (including phenoxy) is 1. The van der Waals surface area contributed by atoms with Crippen LogP contribution in [0.3, 0.4) is 0 Å². The number of aryl methyl sites for hydroxylation is 1. The molecule has 2 aromatic carbocycles. The van der Waals surface area contributed by atoms with E-state index in [1.54, 1.807) is 0 Å². The number of benzene rings is 2. The van der Waals surface area contributed by atoms with Crippen LogP contribution < -0.4 is 5.32 Å². The molecule has 1 amide bonds. The van der Waals surface area contributed by atoms with Gasteiger partial charge in [-0.25, -0.2) is 4.79 Å². The Morgan fingerprint density at radius 3 is 2.48 bits per heavy atom. The molecule has 0 bridgehead atoms. The Kier molecular flexibility index (Phi) is 5.35. The maximum absolute atomic E-state index is 11.6. The first-order chi connectivity index (χ1) is 10.1. The van der Waals surface area contributed by atoms with Gasteiger partial charge in [-0.2, -0.15) is 0 Å². The van der Waals surface area contributed by atoms with E-state index >= 15 is 0 Å². The fourth-order valence-corrected chi connectivity index (χ4v) is 1.86. The summed E-state index contributed by atoms with van der Waals surface area (Å²) in [5.41, 5.74) is 2.84. The van der Waals surface area contributed by atoms with Gasteiger partial charge in [0.1, 0.15) is 12.7 Å². The van der Waals surface area contributed by atoms with Crippen molar-refractivity contribution in [3.63, 3.8) is 0 Å². The minimum Gasteiger partial charge on any atom is -0.446 e. The van der Waals surface area contributed by atoms with Gasteiger partial charge in [-0.3, -0.25) is 0 Å². The highest BCUT2D eigenvalue weighted by Crippen LogP contribution is 2.13. The lowest BCUT2D eigenvalue weighted by Crippen LogP contribution is -2.25. The minimum atomic E-state index is -0.812. The molecule has 0 radical (unpaired) electrons. The molecule has 2 N–H and O–H groups in total. The second-order valence-electron chi connectivity index (χ2n) is 4.86. The molecular formula is C17H19NO3. The number of aliphatic hydroxyl groups is 1. The predicted molar refractivity (Wildman–Crippen MR) is 80.8 cm³/mol. The van der Waals surface area contributed by atoms with Crippen LogP contribution >= 0.6 is 0 Å². The Hall–Kier alpha value is -2.33. The lowest BCUT2D eigenvalue weighted by Gasteiger charge is -2.12. The SMILES string of the molecule is Cc1ccc(C(O)COC(=O)NCc2ccccc2)cc1. The minimum absolute atomic E-state index is 0.0658. The number of carbonyl (C=O) groups is 1. The molecule has 0 heterocycles. The maximum Gasteiger partial charge on any atom is 0.407 e. The molecule has 0 saturated heterocycles. The van der Waals surface area contributed by atoms with Gasteiger partial charge < -0.3 is 15.2 Å². The highest BCUT2D eigenvalue weighted by molar-refractivity contribution is 5.67. The molecule has 0 aromatic heterocycles. The molecule has 0 spiro atoms. The molecule has 4 heteroatoms. The van der Waals surface area contributed by atoms with Crippen LogP contribution in [0.5, 0.6) is 0 Å². The van der Waals surface area contributed by atoms with Crippen LogP contribution in [0.1, 0.15) is 22.8 Å². The van der Waals surface area contributed by atoms with Crippen molar-refractivity contribution in [1.82, 2.24) is 5.32 Å². The predicted octanol–water partition coefficient (Wildman–Crippen LogP) is 2.95. The van der Waals surface area contributed by atoms with Gasteiger partial charge >= 0.3 is 6.09 Å². The summed E-state index contributed by atoms with van der Waals surface area (Å²) in [6, 6.07) is 17.0. The zero-order valence-corrected chi connectivity index (χ0v) is 12.0. The van der Waals surface area contributed by atoms with Crippen LogP contribution in [-0.2, 0) is 11.3 Å². The van der Waals surface area contributed by atoms with Crippen molar-refractivity contribution in [2.24, 2.45) is 0 Å². The Labute approximate surface area is 124 Å². The first kappa shape index (κ1) is 15.1. The molecule has 0 aliphatic carbocycles. The number of nitrogens with one attached hydrogen (secondary N) is 1. The van der Waals surface area contributed by atoms with E-state index in [-0.39, 0.29) is 6.61 Å². The molecule has 0 aliphatic rings. The third kappa shape index (κ3) is 4.93. The van der Waals surface area contributed by atoms with Crippen molar-refractivity contribution < 1.29 is 14.6 Å². The van der Waals surface area contributed by atoms with Crippen molar-refractivity contribution >= 4 is 6.09 Å². The standard InChI is InChI=1S/C17H19NO3/c1-13-7-9-15(10-8-13)16(19)12-21-17(20)18-11-14-5-3-2-4-6-14/h2-10,16,19H,11-12H2,1H3,(H,18,20). The highest BCUT2D eigenvalue weighted by Gasteiger charge is 2.10. The zero-order chi connectivity index (χ0) is 15.1. The van der Waals surface area contributed by atoms with Crippen LogP contribution in [0.15, 0.2) is 54.6 Å². The second-order valence-corrected chi connectivity index (χ2v) is 4.86. The summed E-state index contributed by atoms with van der Waals surface area (Å²) in [4.78, 5) is 11.6. The first-order valence-corrected chi connectivity index (χ1v) is 6.84. The molecule has 2 aromatic rings. The van der Waals surface area contributed by atoms with Gasteiger partial charge in [0, 0.05) is 6.54 Å². The van der Waals surface area contributed by atoms with Gasteiger partial charge in [0.05, 0.1) is 0 Å². The average Bonchev–Trinajstić information content (AvgIpc) is 2.52. The fraction of sp³-hybridized carbons (Fsp3) is 0.235. The van der Waals surface area contributed by atoms with E-state index < -0.39 is 12.2 Å². The van der Waals surface area contributed by atoms with E-state index in [0.29, 0.717) is 6.54 Å². The molecule has 1 unspecified atom stereocenters. The summed E-state index contributed by atoms with van der Waals surface area (Å²) in [6.45, 7) is 2.31. The maximum atomic E-state index is 11.6. The lowest BCUT2D eigenvalue weighted by molar-refractivity contribution is 0.0679. The number of aliphatic hydroxyl groups excluding tert-OH is 1. The molecule has 1 atom stereocenters. The fourth-order valence-electron chi connectivity index (χ4n) is 1.86. The van der Waals surface area contributed by atoms with Crippen molar-refractivity contribution in [3.05, 3.63) is 71.3 Å². The molecular weight excluding hydrogens is 266 g/mol. The number of alkyl carbamates (subject to hydrolysis) is 1. The van der Waals surface area contributed by atoms with Gasteiger partial charge in [0.2, 0.25) is 0 Å². The van der Waals surface area contributed by atoms with E-state index in [1.165, 1.54) is 0 Å². The number of hydrogen-bond donors (Lipinski definition) is 2. The monoisotopic (exact) mass is 285 g/mol. The van der Waals surface area contributed by atoms with Crippen molar-refractivity contribution in [1.29, 1.82) is 0 Å². The van der Waals surface area contributed by atoms with E-state index in [4.69, 9.17) is 4.74 Å². The van der Waals surface area contributed by atoms with Crippen LogP contribution in [0.4, 0.5) is 4.79 Å². The quantitative estimate of drug-likeness (QED) is 0.888. The van der Waals surface area contributed by atoms with Crippen LogP contribution in [-0.4, -0.2) is 17.8 Å². The Morgan fingerprint density at radius 2 is 1.81 bits per heavy atom. The molecule has 0 fully saturated rings. The van der Waals surface area contributed by atoms with Crippen LogP contribution in [0.25, 0.3) is 0 Å². The summed E-state index contributed by atoms with van der Waals surface area (Å²) >= 11 is 0. The van der Waals surface area contributed by atoms with Crippen molar-refractivity contribution in [2.45, 2.75) is 19.6 Å². The third-order valence-electron chi connectivity index (χ3n) is 3.11. The normalized spacial score (nSPS) is 11.7. The lowest BCUT2D eigenvalue weighted by atomic mass is 10.1. The van der Waals surface area contributed by atoms with Crippen LogP contribution in [0, 0.1) is 6.92 Å². The highest BCUT2D eigenvalue weighted by atomic mass is 16.6. The van der Waals surface area contributed by atoms with Gasteiger partial charge in [-0.1, -0.05) is 60.2 Å². The Balaban J connectivity index is 1.74. The average molecular weight is 285 g/mol. The van der Waals surface area contributed by atoms with E-state index in [2.05, 4.69) is 5.32 Å². The first-order valence-electron chi connectivity index (χ1n) is 6.84. The topological polar surface area (TPSA) is 58.6 Å². The molecule has 110 valence electrons. The number of amides is 1. The van der Waals surface area contributed by atoms with Crippen molar-refractivity contribution in [2.75, 3.05) is 6.61 Å². The largest absolute Gasteiger partial charge is 0.446 e. The second kappa shape index (κ2) is 7.45. The molecule has 2 rings (SSSR count). The van der Waals surface area contributed by atoms with E-state index in [1.807, 2.05) is 61.5 Å². The molecule has 0 aliphatic heterocycles. The van der Waals surface area contributed by atoms with E-state index in [0.717, 1.165) is 16.7 Å². The van der Waals surface area contributed by atoms with Gasteiger partial charge in [0.15, 0.2) is 0 Å². The Morgan fingerprint density at radius 1 is 1.14 bits per heavy atom. The summed E-state index contributed by atoms with van der Waals surface area (Å²) in [7, 11) is 0. The Bertz CT molecular complexity index is 566. The summed E-state index contributed by atoms with van der Waals surface area (Å²) in [6.07, 6.45) is -1.35. The van der Waals surface area contributed by atoms with Crippen LogP contribution in [0.2, 0.25) is 0 Å². The molecule has 0 saturated carbocycles. The number of carbonyl (C=O) groups excluding carboxylic acids is 1. The van der Waals surface area contributed by atoms with Gasteiger partial charge in [0.25, 0.3) is 0 Å². The van der Waals surface area contributed by atoms with Crippen molar-refractivity contribution in [3.8, 4) is 0 Å². The van der Waals surface area contributed by atoms with E-state index in [9.17, 15) is 9.90 Å². The molecule has 21 heavy (non-hydrogen) atoms. The smallest absolute Gasteiger partial charge is 0.407 e. The number of rotatable bonds is 5. The summed E-state index contributed by atoms with van der Waals surface area (Å²) in [5.74, 6) is 0. The summed E-state index contributed by atoms with van der Waals surface area (Å²) in [5, 5.41) is 12.6.